The molecule has 1 aromatic heterocycles. The van der Waals surface area contributed by atoms with Gasteiger partial charge >= 0.3 is 0 Å². The molecule has 1 amide bonds. The number of para-hydroxylation sites is 1. The van der Waals surface area contributed by atoms with E-state index in [0.717, 1.165) is 59.5 Å². The average molecular weight is 345 g/mol. The van der Waals surface area contributed by atoms with Gasteiger partial charge in [0.05, 0.1) is 16.8 Å². The number of amides is 1. The van der Waals surface area contributed by atoms with Crippen LogP contribution in [0.5, 0.6) is 0 Å². The van der Waals surface area contributed by atoms with Gasteiger partial charge in [-0.3, -0.25) is 4.79 Å². The number of benzene rings is 2. The van der Waals surface area contributed by atoms with Crippen molar-refractivity contribution in [2.24, 2.45) is 0 Å². The van der Waals surface area contributed by atoms with Gasteiger partial charge in [0.25, 0.3) is 5.91 Å². The van der Waals surface area contributed by atoms with Crippen molar-refractivity contribution in [3.8, 4) is 11.3 Å². The number of pyridine rings is 1. The molecule has 26 heavy (non-hydrogen) atoms. The molecule has 0 aliphatic carbocycles. The first kappa shape index (κ1) is 16.7. The normalized spacial score (nSPS) is 15.4. The highest BCUT2D eigenvalue weighted by atomic mass is 16.2. The van der Waals surface area contributed by atoms with Crippen LogP contribution in [0.1, 0.15) is 15.9 Å². The molecule has 0 spiro atoms. The highest BCUT2D eigenvalue weighted by Gasteiger charge is 2.25. The fourth-order valence-corrected chi connectivity index (χ4v) is 3.63. The first-order chi connectivity index (χ1) is 12.6. The minimum atomic E-state index is 0.117. The minimum Gasteiger partial charge on any atom is -0.336 e. The van der Waals surface area contributed by atoms with E-state index in [9.17, 15) is 4.79 Å². The number of aromatic nitrogens is 1. The van der Waals surface area contributed by atoms with Crippen molar-refractivity contribution in [2.45, 2.75) is 6.92 Å². The second-order valence-electron chi connectivity index (χ2n) is 6.94. The summed E-state index contributed by atoms with van der Waals surface area (Å²) in [4.78, 5) is 22.5. The third kappa shape index (κ3) is 2.97. The van der Waals surface area contributed by atoms with Crippen molar-refractivity contribution in [3.63, 3.8) is 0 Å². The van der Waals surface area contributed by atoms with Crippen LogP contribution < -0.4 is 0 Å². The number of likely N-dealkylation sites (N-methyl/N-ethyl adjacent to an activating group) is 1. The number of piperazine rings is 1. The molecule has 1 aliphatic heterocycles. The Bertz CT molecular complexity index is 944. The summed E-state index contributed by atoms with van der Waals surface area (Å²) in [6.07, 6.45) is 0. The molecule has 132 valence electrons. The molecule has 1 aliphatic rings. The lowest BCUT2D eigenvalue weighted by Gasteiger charge is -2.33. The van der Waals surface area contributed by atoms with E-state index in [2.05, 4.69) is 11.9 Å². The maximum absolute atomic E-state index is 13.4. The van der Waals surface area contributed by atoms with Gasteiger partial charge in [0.15, 0.2) is 0 Å². The standard InChI is InChI=1S/C22H23N3O/c1-16-20(22(26)25-14-12-24(2)13-15-25)18-10-6-7-11-19(18)23-21(16)17-8-4-3-5-9-17/h3-11H,12-15H2,1-2H3. The van der Waals surface area contributed by atoms with Crippen molar-refractivity contribution in [1.82, 2.24) is 14.8 Å². The van der Waals surface area contributed by atoms with E-state index in [1.54, 1.807) is 0 Å². The summed E-state index contributed by atoms with van der Waals surface area (Å²) in [6, 6.07) is 18.1. The van der Waals surface area contributed by atoms with Crippen molar-refractivity contribution in [2.75, 3.05) is 33.2 Å². The Morgan fingerprint density at radius 2 is 1.58 bits per heavy atom. The topological polar surface area (TPSA) is 36.4 Å². The Balaban J connectivity index is 1.87. The highest BCUT2D eigenvalue weighted by Crippen LogP contribution is 2.30. The van der Waals surface area contributed by atoms with E-state index in [-0.39, 0.29) is 5.91 Å². The predicted octanol–water partition coefficient (Wildman–Crippen LogP) is 3.60. The zero-order valence-corrected chi connectivity index (χ0v) is 15.3. The Kier molecular flexibility index (Phi) is 4.43. The molecule has 4 rings (SSSR count). The van der Waals surface area contributed by atoms with Crippen LogP contribution in [0.3, 0.4) is 0 Å². The Hall–Kier alpha value is -2.72. The van der Waals surface area contributed by atoms with E-state index >= 15 is 0 Å². The van der Waals surface area contributed by atoms with Crippen LogP contribution in [-0.4, -0.2) is 53.9 Å². The summed E-state index contributed by atoms with van der Waals surface area (Å²) in [5, 5.41) is 0.939. The van der Waals surface area contributed by atoms with Crippen LogP contribution >= 0.6 is 0 Å². The predicted molar refractivity (Wildman–Crippen MR) is 105 cm³/mol. The van der Waals surface area contributed by atoms with Gasteiger partial charge in [-0.1, -0.05) is 48.5 Å². The van der Waals surface area contributed by atoms with Crippen LogP contribution in [0, 0.1) is 6.92 Å². The molecule has 2 aromatic carbocycles. The van der Waals surface area contributed by atoms with Gasteiger partial charge in [-0.2, -0.15) is 0 Å². The first-order valence-electron chi connectivity index (χ1n) is 9.08. The smallest absolute Gasteiger partial charge is 0.254 e. The molecule has 0 unspecified atom stereocenters. The molecule has 0 N–H and O–H groups in total. The fraction of sp³-hybridized carbons (Fsp3) is 0.273. The van der Waals surface area contributed by atoms with Gasteiger partial charge in [0.1, 0.15) is 0 Å². The minimum absolute atomic E-state index is 0.117. The van der Waals surface area contributed by atoms with E-state index in [4.69, 9.17) is 4.98 Å². The summed E-state index contributed by atoms with van der Waals surface area (Å²) in [5.41, 5.74) is 4.55. The molecule has 1 saturated heterocycles. The fourth-order valence-electron chi connectivity index (χ4n) is 3.63. The highest BCUT2D eigenvalue weighted by molar-refractivity contribution is 6.08. The van der Waals surface area contributed by atoms with Crippen molar-refractivity contribution in [3.05, 3.63) is 65.7 Å². The van der Waals surface area contributed by atoms with E-state index in [0.29, 0.717) is 0 Å². The zero-order valence-electron chi connectivity index (χ0n) is 15.3. The molecule has 2 heterocycles. The first-order valence-corrected chi connectivity index (χ1v) is 9.08. The van der Waals surface area contributed by atoms with Gasteiger partial charge in [0.2, 0.25) is 0 Å². The van der Waals surface area contributed by atoms with Gasteiger partial charge in [0, 0.05) is 37.1 Å². The number of hydrogen-bond donors (Lipinski definition) is 0. The molecule has 1 fully saturated rings. The lowest BCUT2D eigenvalue weighted by molar-refractivity contribution is 0.0665. The van der Waals surface area contributed by atoms with Gasteiger partial charge in [-0.25, -0.2) is 4.98 Å². The maximum atomic E-state index is 13.4. The summed E-state index contributed by atoms with van der Waals surface area (Å²) in [7, 11) is 2.10. The molecule has 0 bridgehead atoms. The SMILES string of the molecule is Cc1c(-c2ccccc2)nc2ccccc2c1C(=O)N1CCN(C)CC1. The second-order valence-corrected chi connectivity index (χ2v) is 6.94. The molecule has 4 nitrogen and oxygen atoms in total. The number of hydrogen-bond acceptors (Lipinski definition) is 3. The van der Waals surface area contributed by atoms with E-state index < -0.39 is 0 Å². The lowest BCUT2D eigenvalue weighted by atomic mass is 9.96. The average Bonchev–Trinajstić information content (AvgIpc) is 2.68. The second kappa shape index (κ2) is 6.89. The number of fused-ring (bicyclic) bond motifs is 1. The summed E-state index contributed by atoms with van der Waals surface area (Å²) >= 11 is 0. The van der Waals surface area contributed by atoms with Crippen molar-refractivity contribution < 1.29 is 4.79 Å². The van der Waals surface area contributed by atoms with Crippen LogP contribution in [0.2, 0.25) is 0 Å². The number of rotatable bonds is 2. The number of carbonyl (C=O) groups is 1. The third-order valence-electron chi connectivity index (χ3n) is 5.19. The van der Waals surface area contributed by atoms with Gasteiger partial charge in [-0.15, -0.1) is 0 Å². The number of nitrogens with zero attached hydrogens (tertiary/aromatic N) is 3. The summed E-state index contributed by atoms with van der Waals surface area (Å²) in [5.74, 6) is 0.117. The third-order valence-corrected chi connectivity index (χ3v) is 5.19. The molecule has 0 radical (unpaired) electrons. The number of carbonyl (C=O) groups excluding carboxylic acids is 1. The Morgan fingerprint density at radius 3 is 2.31 bits per heavy atom. The molecule has 3 aromatic rings. The molecular formula is C22H23N3O. The zero-order chi connectivity index (χ0) is 18.1. The van der Waals surface area contributed by atoms with E-state index in [1.165, 1.54) is 0 Å². The van der Waals surface area contributed by atoms with Crippen molar-refractivity contribution >= 4 is 16.8 Å². The molecule has 0 atom stereocenters. The van der Waals surface area contributed by atoms with E-state index in [1.807, 2.05) is 66.4 Å². The van der Waals surface area contributed by atoms with Crippen LogP contribution in [0.4, 0.5) is 0 Å². The monoisotopic (exact) mass is 345 g/mol. The van der Waals surface area contributed by atoms with Crippen LogP contribution in [0.25, 0.3) is 22.2 Å². The Morgan fingerprint density at radius 1 is 0.923 bits per heavy atom. The Labute approximate surface area is 154 Å². The molecular weight excluding hydrogens is 322 g/mol. The largest absolute Gasteiger partial charge is 0.336 e. The molecule has 4 heteroatoms. The van der Waals surface area contributed by atoms with Gasteiger partial charge in [-0.05, 0) is 25.6 Å². The maximum Gasteiger partial charge on any atom is 0.254 e. The van der Waals surface area contributed by atoms with Crippen molar-refractivity contribution in [1.29, 1.82) is 0 Å². The molecule has 0 saturated carbocycles. The summed E-state index contributed by atoms with van der Waals surface area (Å²) < 4.78 is 0. The van der Waals surface area contributed by atoms with Gasteiger partial charge < -0.3 is 9.80 Å². The van der Waals surface area contributed by atoms with Crippen LogP contribution in [-0.2, 0) is 0 Å². The quantitative estimate of drug-likeness (QED) is 0.712. The summed E-state index contributed by atoms with van der Waals surface area (Å²) in [6.45, 7) is 5.39. The lowest BCUT2D eigenvalue weighted by Crippen LogP contribution is -2.47. The van der Waals surface area contributed by atoms with Crippen LogP contribution in [0.15, 0.2) is 54.6 Å².